The molecule has 2 amide bonds. The summed E-state index contributed by atoms with van der Waals surface area (Å²) in [6.07, 6.45) is 0.0368. The highest BCUT2D eigenvalue weighted by atomic mass is 19.4. The summed E-state index contributed by atoms with van der Waals surface area (Å²) in [4.78, 5) is 34.3. The lowest BCUT2D eigenvalue weighted by Crippen LogP contribution is -2.40. The van der Waals surface area contributed by atoms with Crippen molar-refractivity contribution >= 4 is 23.5 Å². The maximum absolute atomic E-state index is 12.7. The van der Waals surface area contributed by atoms with Gasteiger partial charge in [0.2, 0.25) is 11.8 Å². The molecule has 1 saturated heterocycles. The van der Waals surface area contributed by atoms with Crippen LogP contribution in [-0.2, 0) is 4.79 Å². The molecule has 0 saturated carbocycles. The van der Waals surface area contributed by atoms with Crippen LogP contribution < -0.4 is 16.0 Å². The van der Waals surface area contributed by atoms with Crippen molar-refractivity contribution in [1.29, 1.82) is 5.41 Å². The van der Waals surface area contributed by atoms with Crippen LogP contribution in [0.4, 0.5) is 19.0 Å². The second-order valence-electron chi connectivity index (χ2n) is 7.57. The van der Waals surface area contributed by atoms with Gasteiger partial charge in [-0.2, -0.15) is 13.2 Å². The molecule has 0 bridgehead atoms. The zero-order chi connectivity index (χ0) is 25.6. The molecule has 0 aromatic carbocycles. The fourth-order valence-electron chi connectivity index (χ4n) is 3.39. The van der Waals surface area contributed by atoms with E-state index in [9.17, 15) is 22.8 Å². The molecule has 0 radical (unpaired) electrons. The summed E-state index contributed by atoms with van der Waals surface area (Å²) in [6, 6.07) is 2.75. The first-order valence-corrected chi connectivity index (χ1v) is 10.6. The molecule has 11 nitrogen and oxygen atoms in total. The summed E-state index contributed by atoms with van der Waals surface area (Å²) >= 11 is 0. The standard InChI is InChI=1S/C21H24F3N7O4/c1-26-9-14(17(25)31-6-3-12(4-7-32)20(31)34)29-18(33)15-10-35-19(30-15)13-2-5-27-16(8-13)28-11-21(22,23)24/h2,5,8-10,12,25-26,32H,3-4,6-7,11H2,1H3,(H,27,28)(H,29,33)/b14-9+,25-17?. The number of halogens is 3. The lowest BCUT2D eigenvalue weighted by atomic mass is 10.1. The summed E-state index contributed by atoms with van der Waals surface area (Å²) < 4.78 is 42.6. The fraction of sp³-hybridized carbons (Fsp3) is 0.381. The number of likely N-dealkylation sites (tertiary alicyclic amines) is 1. The van der Waals surface area contributed by atoms with Crippen LogP contribution in [0.3, 0.4) is 0 Å². The molecule has 0 spiro atoms. The van der Waals surface area contributed by atoms with Crippen LogP contribution >= 0.6 is 0 Å². The van der Waals surface area contributed by atoms with Crippen molar-refractivity contribution in [3.63, 3.8) is 0 Å². The number of alkyl halides is 3. The smallest absolute Gasteiger partial charge is 0.405 e. The molecule has 1 aliphatic rings. The number of carbonyl (C=O) groups excluding carboxylic acids is 2. The minimum atomic E-state index is -4.42. The topological polar surface area (TPSA) is 156 Å². The van der Waals surface area contributed by atoms with Gasteiger partial charge in [0.1, 0.15) is 18.6 Å². The number of hydrogen-bond acceptors (Lipinski definition) is 9. The van der Waals surface area contributed by atoms with Crippen LogP contribution in [0, 0.1) is 11.3 Å². The first-order chi connectivity index (χ1) is 16.6. The quantitative estimate of drug-likeness (QED) is 0.260. The molecule has 1 fully saturated rings. The highest BCUT2D eigenvalue weighted by Gasteiger charge is 2.35. The molecule has 5 N–H and O–H groups in total. The van der Waals surface area contributed by atoms with Gasteiger partial charge in [-0.05, 0) is 25.0 Å². The van der Waals surface area contributed by atoms with E-state index in [1.54, 1.807) is 7.05 Å². The Labute approximate surface area is 197 Å². The fourth-order valence-corrected chi connectivity index (χ4v) is 3.39. The number of nitrogens with zero attached hydrogens (tertiary/aromatic N) is 3. The van der Waals surface area contributed by atoms with Gasteiger partial charge >= 0.3 is 6.18 Å². The van der Waals surface area contributed by atoms with E-state index in [2.05, 4.69) is 25.9 Å². The van der Waals surface area contributed by atoms with Crippen LogP contribution in [0.15, 0.2) is 40.9 Å². The number of hydrogen-bond donors (Lipinski definition) is 5. The second kappa shape index (κ2) is 11.0. The van der Waals surface area contributed by atoms with Gasteiger partial charge in [-0.3, -0.25) is 19.9 Å². The van der Waals surface area contributed by atoms with Crippen molar-refractivity contribution < 1.29 is 32.3 Å². The van der Waals surface area contributed by atoms with Gasteiger partial charge < -0.3 is 25.5 Å². The molecule has 188 valence electrons. The Morgan fingerprint density at radius 1 is 1.43 bits per heavy atom. The van der Waals surface area contributed by atoms with Crippen molar-refractivity contribution in [3.8, 4) is 11.5 Å². The lowest BCUT2D eigenvalue weighted by molar-refractivity contribution is -0.128. The molecule has 2 aromatic rings. The molecule has 3 rings (SSSR count). The number of anilines is 1. The van der Waals surface area contributed by atoms with E-state index in [1.807, 2.05) is 0 Å². The van der Waals surface area contributed by atoms with Crippen LogP contribution in [0.25, 0.3) is 11.5 Å². The number of aromatic nitrogens is 2. The van der Waals surface area contributed by atoms with Gasteiger partial charge in [-0.1, -0.05) is 0 Å². The molecule has 1 aliphatic heterocycles. The Morgan fingerprint density at radius 2 is 2.20 bits per heavy atom. The van der Waals surface area contributed by atoms with Crippen molar-refractivity contribution in [1.82, 2.24) is 25.5 Å². The third kappa shape index (κ3) is 6.56. The summed E-state index contributed by atoms with van der Waals surface area (Å²) in [5, 5.41) is 24.8. The van der Waals surface area contributed by atoms with Gasteiger partial charge in [-0.25, -0.2) is 9.97 Å². The van der Waals surface area contributed by atoms with E-state index in [0.29, 0.717) is 18.4 Å². The Hall–Kier alpha value is -3.94. The van der Waals surface area contributed by atoms with Crippen LogP contribution in [0.1, 0.15) is 23.3 Å². The Morgan fingerprint density at radius 3 is 2.89 bits per heavy atom. The van der Waals surface area contributed by atoms with E-state index in [0.717, 1.165) is 6.26 Å². The second-order valence-corrected chi connectivity index (χ2v) is 7.57. The normalized spacial score (nSPS) is 16.4. The van der Waals surface area contributed by atoms with E-state index < -0.39 is 18.6 Å². The Kier molecular flexibility index (Phi) is 8.06. The maximum atomic E-state index is 12.7. The number of amidine groups is 1. The average Bonchev–Trinajstić information content (AvgIpc) is 3.45. The van der Waals surface area contributed by atoms with Gasteiger partial charge in [0, 0.05) is 44.1 Å². The first-order valence-electron chi connectivity index (χ1n) is 10.6. The van der Waals surface area contributed by atoms with E-state index >= 15 is 0 Å². The average molecular weight is 495 g/mol. The number of aliphatic hydroxyl groups excluding tert-OH is 1. The van der Waals surface area contributed by atoms with E-state index in [4.69, 9.17) is 14.9 Å². The highest BCUT2D eigenvalue weighted by Crippen LogP contribution is 2.24. The molecule has 14 heteroatoms. The summed E-state index contributed by atoms with van der Waals surface area (Å²) in [5.74, 6) is -1.72. The molecule has 1 atom stereocenters. The van der Waals surface area contributed by atoms with Crippen molar-refractivity contribution in [2.75, 3.05) is 32.1 Å². The minimum Gasteiger partial charge on any atom is -0.444 e. The predicted octanol–water partition coefficient (Wildman–Crippen LogP) is 1.71. The molecule has 2 aromatic heterocycles. The summed E-state index contributed by atoms with van der Waals surface area (Å²) in [7, 11) is 1.56. The number of amides is 2. The van der Waals surface area contributed by atoms with Crippen molar-refractivity contribution in [2.24, 2.45) is 5.92 Å². The SMILES string of the molecule is CN/C=C(/NC(=O)c1coc(-c2ccnc(NCC(F)(F)F)c2)n1)C(=N)N1CCC(CCO)C1=O. The van der Waals surface area contributed by atoms with Gasteiger partial charge in [0.05, 0.1) is 5.70 Å². The summed E-state index contributed by atoms with van der Waals surface area (Å²) in [5.41, 5.74) is 0.157. The van der Waals surface area contributed by atoms with Gasteiger partial charge in [0.25, 0.3) is 5.91 Å². The highest BCUT2D eigenvalue weighted by molar-refractivity contribution is 6.10. The third-order valence-electron chi connectivity index (χ3n) is 5.07. The zero-order valence-corrected chi connectivity index (χ0v) is 18.6. The predicted molar refractivity (Wildman–Crippen MR) is 118 cm³/mol. The first kappa shape index (κ1) is 25.7. The number of nitrogens with one attached hydrogen (secondary N) is 4. The number of aliphatic hydroxyl groups is 1. The molecular formula is C21H24F3N7O4. The molecule has 0 aliphatic carbocycles. The monoisotopic (exact) mass is 495 g/mol. The Balaban J connectivity index is 1.70. The molecule has 35 heavy (non-hydrogen) atoms. The van der Waals surface area contributed by atoms with Crippen molar-refractivity contribution in [3.05, 3.63) is 42.2 Å². The van der Waals surface area contributed by atoms with Crippen LogP contribution in [0.5, 0.6) is 0 Å². The van der Waals surface area contributed by atoms with Crippen LogP contribution in [0.2, 0.25) is 0 Å². The number of pyridine rings is 1. The largest absolute Gasteiger partial charge is 0.444 e. The molecular weight excluding hydrogens is 471 g/mol. The number of carbonyl (C=O) groups is 2. The Bertz CT molecular complexity index is 1120. The number of rotatable bonds is 9. The minimum absolute atomic E-state index is 0.0163. The maximum Gasteiger partial charge on any atom is 0.405 e. The number of oxazole rings is 1. The van der Waals surface area contributed by atoms with Gasteiger partial charge in [0.15, 0.2) is 11.5 Å². The molecule has 1 unspecified atom stereocenters. The molecule has 3 heterocycles. The third-order valence-corrected chi connectivity index (χ3v) is 5.07. The lowest BCUT2D eigenvalue weighted by Gasteiger charge is -2.20. The van der Waals surface area contributed by atoms with E-state index in [-0.39, 0.29) is 53.9 Å². The summed E-state index contributed by atoms with van der Waals surface area (Å²) in [6.45, 7) is -1.13. The zero-order valence-electron chi connectivity index (χ0n) is 18.6. The van der Waals surface area contributed by atoms with Crippen molar-refractivity contribution in [2.45, 2.75) is 19.0 Å². The van der Waals surface area contributed by atoms with Crippen LogP contribution in [-0.4, -0.2) is 70.5 Å². The van der Waals surface area contributed by atoms with Gasteiger partial charge in [-0.15, -0.1) is 0 Å². The van der Waals surface area contributed by atoms with E-state index in [1.165, 1.54) is 29.4 Å².